The van der Waals surface area contributed by atoms with Gasteiger partial charge in [0.15, 0.2) is 11.5 Å². The normalized spacial score (nSPS) is 27.9. The summed E-state index contributed by atoms with van der Waals surface area (Å²) in [4.78, 5) is 0. The van der Waals surface area contributed by atoms with E-state index in [1.165, 1.54) is 5.56 Å². The number of ether oxygens (including phenoxy) is 2. The lowest BCUT2D eigenvalue weighted by Gasteiger charge is -2.50. The van der Waals surface area contributed by atoms with Crippen LogP contribution < -0.4 is 9.47 Å². The van der Waals surface area contributed by atoms with Crippen LogP contribution in [0.25, 0.3) is 0 Å². The van der Waals surface area contributed by atoms with E-state index in [0.717, 1.165) is 17.7 Å². The lowest BCUT2D eigenvalue weighted by Crippen LogP contribution is -2.46. The summed E-state index contributed by atoms with van der Waals surface area (Å²) in [5, 5.41) is 0. The minimum Gasteiger partial charge on any atom is -0.493 e. The average Bonchev–Trinajstić information content (AvgIpc) is 2.69. The number of nitrogens with zero attached hydrogens (tertiary/aromatic N) is 2. The lowest BCUT2D eigenvalue weighted by atomic mass is 9.87. The Bertz CT molecular complexity index is 715. The molecule has 0 aromatic heterocycles. The van der Waals surface area contributed by atoms with Crippen LogP contribution in [0.15, 0.2) is 12.1 Å². The molecule has 2 heterocycles. The van der Waals surface area contributed by atoms with Gasteiger partial charge < -0.3 is 14.0 Å². The molecule has 0 N–H and O–H groups in total. The van der Waals surface area contributed by atoms with Crippen LogP contribution in [0, 0.1) is 5.92 Å². The fraction of sp³-hybridized carbons (Fsp3) is 0.667. The maximum absolute atomic E-state index is 14.0. The molecule has 0 aliphatic carbocycles. The van der Waals surface area contributed by atoms with E-state index in [4.69, 9.17) is 37.2 Å². The molecule has 1 aromatic rings. The van der Waals surface area contributed by atoms with Crippen LogP contribution in [0.3, 0.4) is 0 Å². The second-order valence-corrected chi connectivity index (χ2v) is 9.93. The molecule has 2 aliphatic rings. The van der Waals surface area contributed by atoms with E-state index < -0.39 is 7.67 Å². The number of rotatable bonds is 7. The summed E-state index contributed by atoms with van der Waals surface area (Å²) in [6, 6.07) is 4.04. The van der Waals surface area contributed by atoms with Crippen LogP contribution >= 0.6 is 30.9 Å². The third kappa shape index (κ3) is 3.85. The van der Waals surface area contributed by atoms with Crippen LogP contribution in [0.5, 0.6) is 11.5 Å². The number of methoxy groups -OCH3 is 2. The lowest BCUT2D eigenvalue weighted by molar-refractivity contribution is 0.0766. The standard InChI is InChI=1S/C18H27Cl2N2O4P/c1-13-12-26-27(23,21(8-5-19)9-6-20)22-7-4-14-10-16(24-2)17(25-3)11-15(14)18(13)22/h10-11,13,18H,4-9,12H2,1-3H3/t13-,18+,27-/m0/s1. The Morgan fingerprint density at radius 3 is 2.44 bits per heavy atom. The van der Waals surface area contributed by atoms with Crippen molar-refractivity contribution in [3.8, 4) is 11.5 Å². The first-order chi connectivity index (χ1) is 13.0. The number of halogens is 2. The van der Waals surface area contributed by atoms with Gasteiger partial charge in [0.2, 0.25) is 0 Å². The maximum atomic E-state index is 14.0. The molecular weight excluding hydrogens is 410 g/mol. The van der Waals surface area contributed by atoms with Gasteiger partial charge in [0, 0.05) is 43.4 Å². The summed E-state index contributed by atoms with van der Waals surface area (Å²) in [6.07, 6.45) is 0.766. The minimum atomic E-state index is -3.20. The maximum Gasteiger partial charge on any atom is 0.346 e. The molecule has 3 rings (SSSR count). The molecule has 1 aromatic carbocycles. The third-order valence-electron chi connectivity index (χ3n) is 5.31. The van der Waals surface area contributed by atoms with E-state index in [1.54, 1.807) is 14.2 Å². The van der Waals surface area contributed by atoms with Crippen molar-refractivity contribution in [1.29, 1.82) is 0 Å². The van der Waals surface area contributed by atoms with E-state index >= 15 is 0 Å². The zero-order chi connectivity index (χ0) is 19.6. The van der Waals surface area contributed by atoms with Crippen molar-refractivity contribution < 1.29 is 18.6 Å². The molecular formula is C18H27Cl2N2O4P. The highest BCUT2D eigenvalue weighted by molar-refractivity contribution is 7.54. The zero-order valence-electron chi connectivity index (χ0n) is 16.0. The first-order valence-corrected chi connectivity index (χ1v) is 11.7. The quantitative estimate of drug-likeness (QED) is 0.472. The largest absolute Gasteiger partial charge is 0.493 e. The minimum absolute atomic E-state index is 0.0127. The van der Waals surface area contributed by atoms with Gasteiger partial charge in [-0.3, -0.25) is 4.57 Å². The van der Waals surface area contributed by atoms with E-state index in [1.807, 2.05) is 21.5 Å². The molecule has 27 heavy (non-hydrogen) atoms. The van der Waals surface area contributed by atoms with Gasteiger partial charge in [-0.05, 0) is 29.7 Å². The van der Waals surface area contributed by atoms with E-state index in [-0.39, 0.29) is 12.0 Å². The summed E-state index contributed by atoms with van der Waals surface area (Å²) >= 11 is 11.9. The summed E-state index contributed by atoms with van der Waals surface area (Å²) in [5.74, 6) is 2.35. The predicted octanol–water partition coefficient (Wildman–Crippen LogP) is 4.16. The molecule has 0 spiro atoms. The Kier molecular flexibility index (Phi) is 6.99. The Labute approximate surface area is 171 Å². The summed E-state index contributed by atoms with van der Waals surface area (Å²) < 4.78 is 34.7. The SMILES string of the molecule is COc1cc2c(cc1OC)[C@H]1[C@@H](C)CO[P@@](=O)(N(CCCl)CCCl)N1CC2. The van der Waals surface area contributed by atoms with Gasteiger partial charge in [0.05, 0.1) is 20.8 Å². The van der Waals surface area contributed by atoms with Gasteiger partial charge in [-0.25, -0.2) is 9.34 Å². The molecule has 1 fully saturated rings. The Balaban J connectivity index is 2.03. The molecule has 3 atom stereocenters. The molecule has 0 saturated carbocycles. The summed E-state index contributed by atoms with van der Waals surface area (Å²) in [5.41, 5.74) is 2.34. The molecule has 6 nitrogen and oxygen atoms in total. The van der Waals surface area contributed by atoms with Crippen molar-refractivity contribution in [2.45, 2.75) is 19.4 Å². The smallest absolute Gasteiger partial charge is 0.346 e. The van der Waals surface area contributed by atoms with Crippen molar-refractivity contribution in [3.63, 3.8) is 0 Å². The Hall–Kier alpha value is -0.490. The van der Waals surface area contributed by atoms with Crippen molar-refractivity contribution in [2.75, 3.05) is 52.2 Å². The van der Waals surface area contributed by atoms with Crippen LogP contribution in [0.4, 0.5) is 0 Å². The number of hydrogen-bond donors (Lipinski definition) is 0. The molecule has 9 heteroatoms. The molecule has 0 amide bonds. The first kappa shape index (κ1) is 21.2. The highest BCUT2D eigenvalue weighted by atomic mass is 35.5. The fourth-order valence-corrected chi connectivity index (χ4v) is 7.47. The molecule has 0 radical (unpaired) electrons. The average molecular weight is 437 g/mol. The van der Waals surface area contributed by atoms with Crippen molar-refractivity contribution in [3.05, 3.63) is 23.3 Å². The van der Waals surface area contributed by atoms with Gasteiger partial charge in [0.25, 0.3) is 0 Å². The highest BCUT2D eigenvalue weighted by Crippen LogP contribution is 2.63. The second-order valence-electron chi connectivity index (χ2n) is 6.86. The zero-order valence-corrected chi connectivity index (χ0v) is 18.4. The van der Waals surface area contributed by atoms with Gasteiger partial charge in [-0.1, -0.05) is 6.92 Å². The molecule has 0 bridgehead atoms. The summed E-state index contributed by atoms with van der Waals surface area (Å²) in [7, 11) is 0.0727. The van der Waals surface area contributed by atoms with Crippen LogP contribution in [0.2, 0.25) is 0 Å². The topological polar surface area (TPSA) is 51.2 Å². The number of benzene rings is 1. The van der Waals surface area contributed by atoms with Crippen LogP contribution in [-0.4, -0.2) is 61.6 Å². The van der Waals surface area contributed by atoms with Gasteiger partial charge in [0.1, 0.15) is 0 Å². The monoisotopic (exact) mass is 436 g/mol. The van der Waals surface area contributed by atoms with Gasteiger partial charge >= 0.3 is 7.67 Å². The molecule has 2 aliphatic heterocycles. The Morgan fingerprint density at radius 2 is 1.85 bits per heavy atom. The predicted molar refractivity (Wildman–Crippen MR) is 108 cm³/mol. The highest BCUT2D eigenvalue weighted by Gasteiger charge is 2.50. The van der Waals surface area contributed by atoms with Crippen molar-refractivity contribution in [1.82, 2.24) is 9.34 Å². The van der Waals surface area contributed by atoms with E-state index in [9.17, 15) is 4.57 Å². The number of fused-ring (bicyclic) bond motifs is 3. The van der Waals surface area contributed by atoms with Crippen LogP contribution in [-0.2, 0) is 15.5 Å². The van der Waals surface area contributed by atoms with Gasteiger partial charge in [-0.15, -0.1) is 23.2 Å². The number of hydrogen-bond acceptors (Lipinski definition) is 4. The van der Waals surface area contributed by atoms with Gasteiger partial charge in [-0.2, -0.15) is 0 Å². The molecule has 0 unspecified atom stereocenters. The van der Waals surface area contributed by atoms with E-state index in [2.05, 4.69) is 6.92 Å². The second kappa shape index (κ2) is 8.89. The van der Waals surface area contributed by atoms with E-state index in [0.29, 0.717) is 43.8 Å². The van der Waals surface area contributed by atoms with Crippen LogP contribution in [0.1, 0.15) is 24.1 Å². The number of alkyl halides is 2. The summed E-state index contributed by atoms with van der Waals surface area (Å²) in [6.45, 7) is 4.15. The molecule has 152 valence electrons. The Morgan fingerprint density at radius 1 is 1.22 bits per heavy atom. The van der Waals surface area contributed by atoms with Crippen molar-refractivity contribution in [2.24, 2.45) is 5.92 Å². The third-order valence-corrected chi connectivity index (χ3v) is 8.34. The first-order valence-electron chi connectivity index (χ1n) is 9.14. The fourth-order valence-electron chi connectivity index (χ4n) is 4.03. The molecule has 1 saturated heterocycles. The van der Waals surface area contributed by atoms with Crippen molar-refractivity contribution >= 4 is 30.9 Å².